The molecule has 1 aromatic carbocycles. The molecule has 2 rings (SSSR count). The predicted octanol–water partition coefficient (Wildman–Crippen LogP) is 1.52. The first-order chi connectivity index (χ1) is 7.09. The molecular weight excluding hydrogens is 203 g/mol. The van der Waals surface area contributed by atoms with E-state index in [-0.39, 0.29) is 21.2 Å². The summed E-state index contributed by atoms with van der Waals surface area (Å²) in [5.41, 5.74) is -0.342. The van der Waals surface area contributed by atoms with Crippen molar-refractivity contribution >= 4 is 16.5 Å². The van der Waals surface area contributed by atoms with Gasteiger partial charge in [0.25, 0.3) is 5.69 Å². The fourth-order valence-electron chi connectivity index (χ4n) is 1.43. The van der Waals surface area contributed by atoms with Crippen LogP contribution in [0, 0.1) is 21.1 Å². The second-order valence-corrected chi connectivity index (χ2v) is 2.96. The van der Waals surface area contributed by atoms with Crippen LogP contribution in [-0.4, -0.2) is 4.92 Å². The summed E-state index contributed by atoms with van der Waals surface area (Å²) < 4.78 is 13.6. The molecule has 0 unspecified atom stereocenters. The van der Waals surface area contributed by atoms with Crippen LogP contribution < -0.4 is 4.73 Å². The number of nitro groups is 1. The molecule has 0 aliphatic heterocycles. The van der Waals surface area contributed by atoms with Crippen LogP contribution in [0.25, 0.3) is 10.8 Å². The van der Waals surface area contributed by atoms with Gasteiger partial charge in [0.2, 0.25) is 12.0 Å². The van der Waals surface area contributed by atoms with Gasteiger partial charge >= 0.3 is 0 Å². The van der Waals surface area contributed by atoms with Crippen molar-refractivity contribution < 1.29 is 14.0 Å². The number of hydrogen-bond donors (Lipinski definition) is 0. The average molecular weight is 208 g/mol. The molecule has 0 saturated carbocycles. The Balaban J connectivity index is 2.91. The summed E-state index contributed by atoms with van der Waals surface area (Å²) in [6.45, 7) is 0. The van der Waals surface area contributed by atoms with Gasteiger partial charge in [0, 0.05) is 6.07 Å². The van der Waals surface area contributed by atoms with Crippen molar-refractivity contribution in [1.82, 2.24) is 0 Å². The zero-order valence-corrected chi connectivity index (χ0v) is 7.38. The third-order valence-corrected chi connectivity index (χ3v) is 2.02. The van der Waals surface area contributed by atoms with E-state index in [0.717, 1.165) is 6.20 Å². The van der Waals surface area contributed by atoms with Crippen LogP contribution >= 0.6 is 0 Å². The van der Waals surface area contributed by atoms with Gasteiger partial charge in [-0.3, -0.25) is 10.1 Å². The summed E-state index contributed by atoms with van der Waals surface area (Å²) in [7, 11) is 0. The maximum atomic E-state index is 13.3. The van der Waals surface area contributed by atoms with Crippen molar-refractivity contribution in [3.8, 4) is 0 Å². The maximum absolute atomic E-state index is 13.3. The lowest BCUT2D eigenvalue weighted by atomic mass is 10.1. The lowest BCUT2D eigenvalue weighted by Gasteiger charge is -2.01. The lowest BCUT2D eigenvalue weighted by Crippen LogP contribution is -2.25. The van der Waals surface area contributed by atoms with Crippen LogP contribution in [0.2, 0.25) is 0 Å². The molecule has 15 heavy (non-hydrogen) atoms. The van der Waals surface area contributed by atoms with Crippen molar-refractivity contribution in [2.75, 3.05) is 0 Å². The Kier molecular flexibility index (Phi) is 1.96. The molecule has 0 bridgehead atoms. The first-order valence-corrected chi connectivity index (χ1v) is 4.05. The minimum atomic E-state index is -0.894. The summed E-state index contributed by atoms with van der Waals surface area (Å²) >= 11 is 0. The quantitative estimate of drug-likeness (QED) is 0.308. The molecule has 0 amide bonds. The van der Waals surface area contributed by atoms with Gasteiger partial charge in [0.1, 0.15) is 5.39 Å². The molecule has 6 heteroatoms. The van der Waals surface area contributed by atoms with Crippen molar-refractivity contribution in [2.24, 2.45) is 0 Å². The molecule has 0 aliphatic rings. The van der Waals surface area contributed by atoms with E-state index < -0.39 is 10.7 Å². The van der Waals surface area contributed by atoms with E-state index in [2.05, 4.69) is 0 Å². The van der Waals surface area contributed by atoms with Crippen molar-refractivity contribution in [3.63, 3.8) is 0 Å². The Morgan fingerprint density at radius 3 is 2.73 bits per heavy atom. The zero-order chi connectivity index (χ0) is 11.0. The van der Waals surface area contributed by atoms with Crippen molar-refractivity contribution in [3.05, 3.63) is 51.7 Å². The number of benzene rings is 1. The third-order valence-electron chi connectivity index (χ3n) is 2.02. The van der Waals surface area contributed by atoms with Crippen LogP contribution in [0.15, 0.2) is 30.6 Å². The summed E-state index contributed by atoms with van der Waals surface area (Å²) in [6, 6.07) is 4.04. The van der Waals surface area contributed by atoms with E-state index in [1.54, 1.807) is 0 Å². The molecule has 0 saturated heterocycles. The number of nitro benzene ring substituents is 1. The fourth-order valence-corrected chi connectivity index (χ4v) is 1.43. The minimum Gasteiger partial charge on any atom is -0.619 e. The number of pyridine rings is 1. The molecule has 5 nitrogen and oxygen atoms in total. The third kappa shape index (κ3) is 1.45. The number of aromatic nitrogens is 1. The van der Waals surface area contributed by atoms with Crippen molar-refractivity contribution in [2.45, 2.75) is 0 Å². The van der Waals surface area contributed by atoms with Gasteiger partial charge in [-0.2, -0.15) is 9.12 Å². The highest BCUT2D eigenvalue weighted by Crippen LogP contribution is 2.26. The average Bonchev–Trinajstić information content (AvgIpc) is 2.16. The Labute approximate surface area is 83.1 Å². The fraction of sp³-hybridized carbons (Fsp3) is 0. The second kappa shape index (κ2) is 3.16. The zero-order valence-electron chi connectivity index (χ0n) is 7.38. The van der Waals surface area contributed by atoms with E-state index in [4.69, 9.17) is 0 Å². The first-order valence-electron chi connectivity index (χ1n) is 4.05. The van der Waals surface area contributed by atoms with Gasteiger partial charge in [-0.15, -0.1) is 0 Å². The molecular formula is C9H5FN2O3. The first kappa shape index (κ1) is 9.32. The Morgan fingerprint density at radius 1 is 1.33 bits per heavy atom. The van der Waals surface area contributed by atoms with Gasteiger partial charge in [-0.25, -0.2) is 0 Å². The SMILES string of the molecule is O=[N+]([O-])c1cccc2c[n+]([O-])cc(F)c12. The number of hydrogen-bond acceptors (Lipinski definition) is 3. The molecule has 0 aliphatic carbocycles. The Morgan fingerprint density at radius 2 is 2.07 bits per heavy atom. The van der Waals surface area contributed by atoms with Gasteiger partial charge < -0.3 is 5.21 Å². The maximum Gasteiger partial charge on any atom is 0.280 e. The number of nitrogens with zero attached hydrogens (tertiary/aromatic N) is 2. The molecule has 2 aromatic rings. The Hall–Kier alpha value is -2.24. The minimum absolute atomic E-state index is 0.144. The summed E-state index contributed by atoms with van der Waals surface area (Å²) in [5, 5.41) is 21.6. The summed E-state index contributed by atoms with van der Waals surface area (Å²) in [4.78, 5) is 9.93. The van der Waals surface area contributed by atoms with E-state index >= 15 is 0 Å². The van der Waals surface area contributed by atoms with Gasteiger partial charge in [0.15, 0.2) is 6.20 Å². The van der Waals surface area contributed by atoms with Crippen LogP contribution in [0.1, 0.15) is 0 Å². The normalized spacial score (nSPS) is 10.5. The van der Waals surface area contributed by atoms with E-state index in [1.165, 1.54) is 18.2 Å². The highest BCUT2D eigenvalue weighted by molar-refractivity contribution is 5.89. The number of fused-ring (bicyclic) bond motifs is 1. The predicted molar refractivity (Wildman–Crippen MR) is 49.5 cm³/mol. The largest absolute Gasteiger partial charge is 0.619 e. The van der Waals surface area contributed by atoms with Gasteiger partial charge in [-0.1, -0.05) is 6.07 Å². The van der Waals surface area contributed by atoms with Crippen molar-refractivity contribution in [1.29, 1.82) is 0 Å². The molecule has 0 fully saturated rings. The molecule has 1 aromatic heterocycles. The molecule has 0 radical (unpaired) electrons. The smallest absolute Gasteiger partial charge is 0.280 e. The van der Waals surface area contributed by atoms with Crippen LogP contribution in [0.5, 0.6) is 0 Å². The van der Waals surface area contributed by atoms with Gasteiger partial charge in [0.05, 0.1) is 10.3 Å². The lowest BCUT2D eigenvalue weighted by molar-refractivity contribution is -0.605. The molecule has 0 N–H and O–H groups in total. The number of rotatable bonds is 1. The van der Waals surface area contributed by atoms with Crippen LogP contribution in [-0.2, 0) is 0 Å². The molecule has 76 valence electrons. The van der Waals surface area contributed by atoms with E-state index in [1.807, 2.05) is 0 Å². The van der Waals surface area contributed by atoms with Crippen LogP contribution in [0.3, 0.4) is 0 Å². The highest BCUT2D eigenvalue weighted by atomic mass is 19.1. The molecule has 1 heterocycles. The standard InChI is InChI=1S/C9H5FN2O3/c10-7-5-11(13)4-6-2-1-3-8(9(6)7)12(14)15/h1-5H. The molecule has 0 atom stereocenters. The van der Waals surface area contributed by atoms with E-state index in [0.29, 0.717) is 6.20 Å². The molecule has 0 spiro atoms. The summed E-state index contributed by atoms with van der Waals surface area (Å²) in [6.07, 6.45) is 1.75. The topological polar surface area (TPSA) is 70.1 Å². The van der Waals surface area contributed by atoms with Gasteiger partial charge in [-0.05, 0) is 6.07 Å². The highest BCUT2D eigenvalue weighted by Gasteiger charge is 2.18. The van der Waals surface area contributed by atoms with Crippen LogP contribution in [0.4, 0.5) is 10.1 Å². The monoisotopic (exact) mass is 208 g/mol. The summed E-state index contributed by atoms with van der Waals surface area (Å²) in [5.74, 6) is -0.894. The Bertz CT molecular complexity index is 556. The number of halogens is 1. The second-order valence-electron chi connectivity index (χ2n) is 2.96. The number of non-ortho nitro benzene ring substituents is 1. The van der Waals surface area contributed by atoms with E-state index in [9.17, 15) is 19.7 Å².